The van der Waals surface area contributed by atoms with E-state index in [9.17, 15) is 8.78 Å². The predicted molar refractivity (Wildman–Crippen MR) is 120 cm³/mol. The van der Waals surface area contributed by atoms with Crippen LogP contribution in [0.15, 0.2) is 55.1 Å². The van der Waals surface area contributed by atoms with Crippen molar-refractivity contribution in [3.8, 4) is 0 Å². The van der Waals surface area contributed by atoms with Gasteiger partial charge in [0.25, 0.3) is 0 Å². The molecule has 1 aliphatic rings. The number of unbranched alkanes of at least 4 members (excludes halogenated alkanes) is 2. The van der Waals surface area contributed by atoms with Gasteiger partial charge in [-0.1, -0.05) is 69.0 Å². The van der Waals surface area contributed by atoms with Crippen molar-refractivity contribution in [1.82, 2.24) is 0 Å². The molecule has 0 saturated heterocycles. The SMILES string of the molecule is C=CCOC(c1ccc([C@H]2CC[C@H](CCCCC)CC2)cc1)c1c(F)cccc1F. The molecule has 1 unspecified atom stereocenters. The highest BCUT2D eigenvalue weighted by atomic mass is 19.1. The Balaban J connectivity index is 1.69. The minimum absolute atomic E-state index is 0.0420. The molecule has 1 saturated carbocycles. The van der Waals surface area contributed by atoms with Crippen molar-refractivity contribution in [2.45, 2.75) is 70.3 Å². The van der Waals surface area contributed by atoms with E-state index in [0.29, 0.717) is 5.92 Å². The Hall–Kier alpha value is -2.00. The van der Waals surface area contributed by atoms with Gasteiger partial charge in [-0.2, -0.15) is 0 Å². The summed E-state index contributed by atoms with van der Waals surface area (Å²) in [4.78, 5) is 0. The summed E-state index contributed by atoms with van der Waals surface area (Å²) in [5.41, 5.74) is 2.04. The lowest BCUT2D eigenvalue weighted by atomic mass is 9.77. The van der Waals surface area contributed by atoms with E-state index in [1.54, 1.807) is 6.08 Å². The number of ether oxygens (including phenoxy) is 1. The van der Waals surface area contributed by atoms with Crippen LogP contribution in [0.2, 0.25) is 0 Å². The van der Waals surface area contributed by atoms with E-state index < -0.39 is 17.7 Å². The first-order valence-electron chi connectivity index (χ1n) is 11.4. The van der Waals surface area contributed by atoms with Crippen LogP contribution in [-0.2, 0) is 4.74 Å². The molecule has 1 atom stereocenters. The lowest BCUT2D eigenvalue weighted by Gasteiger charge is -2.29. The van der Waals surface area contributed by atoms with Gasteiger partial charge in [0.1, 0.15) is 17.7 Å². The summed E-state index contributed by atoms with van der Waals surface area (Å²) >= 11 is 0. The Morgan fingerprint density at radius 3 is 2.27 bits per heavy atom. The van der Waals surface area contributed by atoms with Gasteiger partial charge in [-0.05, 0) is 60.8 Å². The van der Waals surface area contributed by atoms with E-state index >= 15 is 0 Å². The lowest BCUT2D eigenvalue weighted by molar-refractivity contribution is 0.0984. The molecular formula is C27H34F2O. The summed E-state index contributed by atoms with van der Waals surface area (Å²) in [7, 11) is 0. The van der Waals surface area contributed by atoms with Crippen molar-refractivity contribution in [3.05, 3.63) is 83.4 Å². The Morgan fingerprint density at radius 1 is 1.00 bits per heavy atom. The fraction of sp³-hybridized carbons (Fsp3) is 0.481. The van der Waals surface area contributed by atoms with Crippen LogP contribution in [0.25, 0.3) is 0 Å². The van der Waals surface area contributed by atoms with Crippen LogP contribution < -0.4 is 0 Å². The first-order chi connectivity index (χ1) is 14.6. The first kappa shape index (κ1) is 22.7. The zero-order valence-corrected chi connectivity index (χ0v) is 18.1. The maximum atomic E-state index is 14.4. The highest BCUT2D eigenvalue weighted by Gasteiger charge is 2.25. The summed E-state index contributed by atoms with van der Waals surface area (Å²) in [6, 6.07) is 12.1. The van der Waals surface area contributed by atoms with Crippen LogP contribution in [-0.4, -0.2) is 6.61 Å². The Kier molecular flexibility index (Phi) is 8.62. The molecule has 30 heavy (non-hydrogen) atoms. The van der Waals surface area contributed by atoms with Gasteiger partial charge in [-0.25, -0.2) is 8.78 Å². The summed E-state index contributed by atoms with van der Waals surface area (Å²) in [6.45, 7) is 6.14. The molecular weight excluding hydrogens is 378 g/mol. The third kappa shape index (κ3) is 5.78. The van der Waals surface area contributed by atoms with Crippen molar-refractivity contribution in [2.75, 3.05) is 6.61 Å². The topological polar surface area (TPSA) is 9.23 Å². The van der Waals surface area contributed by atoms with Crippen molar-refractivity contribution >= 4 is 0 Å². The highest BCUT2D eigenvalue weighted by Crippen LogP contribution is 2.38. The Morgan fingerprint density at radius 2 is 1.67 bits per heavy atom. The van der Waals surface area contributed by atoms with Gasteiger partial charge in [-0.15, -0.1) is 6.58 Å². The minimum Gasteiger partial charge on any atom is -0.365 e. The highest BCUT2D eigenvalue weighted by molar-refractivity contribution is 5.35. The smallest absolute Gasteiger partial charge is 0.132 e. The molecule has 2 aromatic carbocycles. The fourth-order valence-corrected chi connectivity index (χ4v) is 4.68. The second kappa shape index (κ2) is 11.4. The Bertz CT molecular complexity index is 771. The summed E-state index contributed by atoms with van der Waals surface area (Å²) in [6.07, 6.45) is 11.3. The standard InChI is InChI=1S/C27H34F2O/c1-3-5-6-8-20-11-13-21(14-12-20)22-15-17-23(18-16-22)27(30-19-4-2)26-24(28)9-7-10-25(26)29/h4,7,9-10,15-18,20-21,27H,2-3,5-6,8,11-14,19H2,1H3/t20-,21-,27?. The van der Waals surface area contributed by atoms with E-state index in [-0.39, 0.29) is 12.2 Å². The largest absolute Gasteiger partial charge is 0.365 e. The number of hydrogen-bond donors (Lipinski definition) is 0. The summed E-state index contributed by atoms with van der Waals surface area (Å²) in [5, 5.41) is 0. The summed E-state index contributed by atoms with van der Waals surface area (Å²) in [5.74, 6) is 0.288. The molecule has 0 aliphatic heterocycles. The van der Waals surface area contributed by atoms with Crippen molar-refractivity contribution in [1.29, 1.82) is 0 Å². The molecule has 0 N–H and O–H groups in total. The van der Waals surface area contributed by atoms with Crippen LogP contribution in [0.5, 0.6) is 0 Å². The van der Waals surface area contributed by atoms with Gasteiger partial charge >= 0.3 is 0 Å². The van der Waals surface area contributed by atoms with Crippen LogP contribution in [0, 0.1) is 17.6 Å². The zero-order chi connectivity index (χ0) is 21.3. The van der Waals surface area contributed by atoms with Gasteiger partial charge in [0.15, 0.2) is 0 Å². The van der Waals surface area contributed by atoms with Crippen LogP contribution >= 0.6 is 0 Å². The monoisotopic (exact) mass is 412 g/mol. The molecule has 0 spiro atoms. The van der Waals surface area contributed by atoms with Crippen molar-refractivity contribution in [2.24, 2.45) is 5.92 Å². The van der Waals surface area contributed by atoms with Gasteiger partial charge in [-0.3, -0.25) is 0 Å². The number of hydrogen-bond acceptors (Lipinski definition) is 1. The molecule has 1 fully saturated rings. The molecule has 1 aliphatic carbocycles. The van der Waals surface area contributed by atoms with E-state index in [1.807, 2.05) is 12.1 Å². The maximum Gasteiger partial charge on any atom is 0.132 e. The predicted octanol–water partition coefficient (Wildman–Crippen LogP) is 8.11. The molecule has 0 amide bonds. The van der Waals surface area contributed by atoms with Gasteiger partial charge in [0.05, 0.1) is 12.2 Å². The first-order valence-corrected chi connectivity index (χ1v) is 11.4. The van der Waals surface area contributed by atoms with Gasteiger partial charge < -0.3 is 4.74 Å². The van der Waals surface area contributed by atoms with Crippen LogP contribution in [0.1, 0.15) is 87.0 Å². The quantitative estimate of drug-likeness (QED) is 0.283. The second-order valence-electron chi connectivity index (χ2n) is 8.52. The van der Waals surface area contributed by atoms with Crippen LogP contribution in [0.4, 0.5) is 8.78 Å². The third-order valence-electron chi connectivity index (χ3n) is 6.42. The zero-order valence-electron chi connectivity index (χ0n) is 18.1. The average Bonchev–Trinajstić information content (AvgIpc) is 2.77. The normalized spacial score (nSPS) is 20.1. The fourth-order valence-electron chi connectivity index (χ4n) is 4.68. The number of benzene rings is 2. The second-order valence-corrected chi connectivity index (χ2v) is 8.52. The third-order valence-corrected chi connectivity index (χ3v) is 6.42. The number of halogens is 2. The number of rotatable bonds is 10. The molecule has 0 bridgehead atoms. The van der Waals surface area contributed by atoms with E-state index in [4.69, 9.17) is 4.74 Å². The molecule has 1 nitrogen and oxygen atoms in total. The molecule has 0 radical (unpaired) electrons. The van der Waals surface area contributed by atoms with E-state index in [2.05, 4.69) is 25.6 Å². The van der Waals surface area contributed by atoms with E-state index in [1.165, 1.54) is 75.1 Å². The molecule has 3 rings (SSSR count). The van der Waals surface area contributed by atoms with Gasteiger partial charge in [0, 0.05) is 0 Å². The van der Waals surface area contributed by atoms with Crippen molar-refractivity contribution in [3.63, 3.8) is 0 Å². The van der Waals surface area contributed by atoms with Gasteiger partial charge in [0.2, 0.25) is 0 Å². The maximum absolute atomic E-state index is 14.4. The average molecular weight is 413 g/mol. The Labute approximate surface area is 180 Å². The van der Waals surface area contributed by atoms with Crippen molar-refractivity contribution < 1.29 is 13.5 Å². The molecule has 2 aromatic rings. The minimum atomic E-state index is -0.785. The van der Waals surface area contributed by atoms with Crippen LogP contribution in [0.3, 0.4) is 0 Å². The summed E-state index contributed by atoms with van der Waals surface area (Å²) < 4.78 is 34.5. The molecule has 3 heteroatoms. The lowest BCUT2D eigenvalue weighted by Crippen LogP contribution is -2.14. The molecule has 162 valence electrons. The van der Waals surface area contributed by atoms with E-state index in [0.717, 1.165) is 11.5 Å². The molecule has 0 heterocycles. The molecule has 0 aromatic heterocycles.